The summed E-state index contributed by atoms with van der Waals surface area (Å²) in [5, 5.41) is 7.49. The van der Waals surface area contributed by atoms with Gasteiger partial charge in [0.2, 0.25) is 5.91 Å². The number of likely N-dealkylation sites (tertiary alicyclic amines) is 2. The fraction of sp³-hybridized carbons (Fsp3) is 0.400. The number of benzene rings is 4. The molecule has 2 saturated heterocycles. The van der Waals surface area contributed by atoms with Crippen molar-refractivity contribution in [3.8, 4) is 28.1 Å². The van der Waals surface area contributed by atoms with E-state index in [9.17, 15) is 19.2 Å². The van der Waals surface area contributed by atoms with Crippen molar-refractivity contribution in [1.82, 2.24) is 40.4 Å². The molecule has 0 radical (unpaired) electrons. The summed E-state index contributed by atoms with van der Waals surface area (Å²) in [5.74, 6) is 2.40. The Morgan fingerprint density at radius 2 is 1.65 bits per heavy atom. The molecule has 10 rings (SSSR count). The van der Waals surface area contributed by atoms with Gasteiger partial charge in [-0.25, -0.2) is 19.6 Å². The molecule has 4 N–H and O–H groups in total. The number of hydrogen-bond donors (Lipinski definition) is 4. The van der Waals surface area contributed by atoms with E-state index in [1.165, 1.54) is 14.2 Å². The Hall–Kier alpha value is -6.94. The molecular formula is C50H54N8O8. The van der Waals surface area contributed by atoms with Crippen LogP contribution in [-0.4, -0.2) is 100 Å². The Morgan fingerprint density at radius 1 is 0.864 bits per heavy atom. The third-order valence-corrected chi connectivity index (χ3v) is 14.1. The first-order valence-electron chi connectivity index (χ1n) is 22.6. The van der Waals surface area contributed by atoms with E-state index in [0.717, 1.165) is 61.9 Å². The number of nitrogens with zero attached hydrogens (tertiary/aromatic N) is 4. The molecule has 4 aliphatic rings. The van der Waals surface area contributed by atoms with Gasteiger partial charge >= 0.3 is 12.2 Å². The molecule has 4 aromatic carbocycles. The third kappa shape index (κ3) is 7.56. The van der Waals surface area contributed by atoms with Crippen molar-refractivity contribution in [2.24, 2.45) is 23.7 Å². The second-order valence-electron chi connectivity index (χ2n) is 18.4. The largest absolute Gasteiger partial charge is 0.488 e. The van der Waals surface area contributed by atoms with Crippen LogP contribution in [0, 0.1) is 23.7 Å². The van der Waals surface area contributed by atoms with Gasteiger partial charge in [0.05, 0.1) is 55.8 Å². The second-order valence-corrected chi connectivity index (χ2v) is 18.4. The van der Waals surface area contributed by atoms with Crippen LogP contribution in [0.15, 0.2) is 79.0 Å². The van der Waals surface area contributed by atoms with E-state index in [-0.39, 0.29) is 41.8 Å². The second kappa shape index (κ2) is 17.1. The molecule has 66 heavy (non-hydrogen) atoms. The third-order valence-electron chi connectivity index (χ3n) is 14.1. The number of piperidine rings is 1. The predicted octanol–water partition coefficient (Wildman–Crippen LogP) is 7.59. The lowest BCUT2D eigenvalue weighted by Gasteiger charge is -2.31. The maximum Gasteiger partial charge on any atom is 0.407 e. The molecule has 0 spiro atoms. The minimum Gasteiger partial charge on any atom is -0.488 e. The summed E-state index contributed by atoms with van der Waals surface area (Å²) in [5.41, 5.74) is 7.18. The lowest BCUT2D eigenvalue weighted by Crippen LogP contribution is -2.51. The number of alkyl carbamates (subject to hydrolysis) is 2. The van der Waals surface area contributed by atoms with Crippen molar-refractivity contribution in [3.05, 3.63) is 102 Å². The first kappa shape index (κ1) is 43.0. The van der Waals surface area contributed by atoms with Crippen molar-refractivity contribution >= 4 is 45.8 Å². The van der Waals surface area contributed by atoms with Gasteiger partial charge in [-0.15, -0.1) is 0 Å². The van der Waals surface area contributed by atoms with E-state index in [2.05, 4.69) is 63.9 Å². The Kier molecular flexibility index (Phi) is 11.2. The first-order valence-corrected chi connectivity index (χ1v) is 22.6. The predicted molar refractivity (Wildman–Crippen MR) is 245 cm³/mol. The fourth-order valence-corrected chi connectivity index (χ4v) is 10.7. The van der Waals surface area contributed by atoms with Crippen molar-refractivity contribution in [2.45, 2.75) is 70.4 Å². The Labute approximate surface area is 381 Å². The molecule has 4 amide bonds. The number of methoxy groups -OCH3 is 3. The van der Waals surface area contributed by atoms with Crippen LogP contribution in [0.3, 0.4) is 0 Å². The monoisotopic (exact) mass is 894 g/mol. The minimum absolute atomic E-state index is 0.0532. The lowest BCUT2D eigenvalue weighted by molar-refractivity contribution is -0.136. The molecule has 8 atom stereocenters. The molecule has 3 fully saturated rings. The lowest BCUT2D eigenvalue weighted by atomic mass is 9.92. The van der Waals surface area contributed by atoms with Gasteiger partial charge < -0.3 is 49.3 Å². The number of H-pyrrole nitrogens is 2. The molecule has 1 aliphatic carbocycles. The van der Waals surface area contributed by atoms with Gasteiger partial charge in [-0.3, -0.25) is 9.59 Å². The van der Waals surface area contributed by atoms with E-state index >= 15 is 0 Å². The number of nitrogens with one attached hydrogen (secondary N) is 4. The van der Waals surface area contributed by atoms with Crippen LogP contribution in [0.2, 0.25) is 0 Å². The molecular weight excluding hydrogens is 841 g/mol. The summed E-state index contributed by atoms with van der Waals surface area (Å²) in [6.45, 7) is 7.30. The molecule has 1 saturated carbocycles. The maximum atomic E-state index is 14.5. The number of carbonyl (C=O) groups is 4. The average Bonchev–Trinajstić information content (AvgIpc) is 3.96. The van der Waals surface area contributed by atoms with Gasteiger partial charge in [0.15, 0.2) is 0 Å². The van der Waals surface area contributed by atoms with Crippen molar-refractivity contribution < 1.29 is 38.1 Å². The van der Waals surface area contributed by atoms with Crippen LogP contribution in [0.5, 0.6) is 5.75 Å². The van der Waals surface area contributed by atoms with E-state index in [0.29, 0.717) is 55.2 Å². The summed E-state index contributed by atoms with van der Waals surface area (Å²) in [4.78, 5) is 73.9. The van der Waals surface area contributed by atoms with Gasteiger partial charge in [0.1, 0.15) is 36.1 Å². The summed E-state index contributed by atoms with van der Waals surface area (Å²) in [6.07, 6.45) is 1.92. The number of imidazole rings is 2. The average molecular weight is 895 g/mol. The van der Waals surface area contributed by atoms with Gasteiger partial charge in [-0.05, 0) is 82.5 Å². The molecule has 16 nitrogen and oxygen atoms in total. The Bertz CT molecular complexity index is 2860. The van der Waals surface area contributed by atoms with Crippen molar-refractivity contribution in [1.29, 1.82) is 0 Å². The van der Waals surface area contributed by atoms with Crippen molar-refractivity contribution in [3.63, 3.8) is 0 Å². The fourth-order valence-electron chi connectivity index (χ4n) is 10.7. The van der Waals surface area contributed by atoms with Crippen LogP contribution in [0.1, 0.15) is 74.5 Å². The zero-order chi connectivity index (χ0) is 46.0. The number of aromatic amines is 2. The number of amides is 4. The number of ether oxygens (including phenoxy) is 4. The van der Waals surface area contributed by atoms with Gasteiger partial charge in [0, 0.05) is 36.6 Å². The van der Waals surface area contributed by atoms with Gasteiger partial charge in [-0.2, -0.15) is 0 Å². The van der Waals surface area contributed by atoms with Crippen LogP contribution >= 0.6 is 0 Å². The highest BCUT2D eigenvalue weighted by atomic mass is 16.5. The van der Waals surface area contributed by atoms with E-state index in [4.69, 9.17) is 28.9 Å². The minimum atomic E-state index is -0.908. The molecule has 5 heterocycles. The molecule has 2 aromatic heterocycles. The number of carbonyl (C=O) groups excluding carboxylic acids is 4. The normalized spacial score (nSPS) is 22.6. The smallest absolute Gasteiger partial charge is 0.407 e. The standard InChI is InChI=1S/C50H54N8O8/c1-25(2)41(55-49(61)64-5)47(59)57-22-27(23-63-4)16-38(57)45-51-21-37(53-45)30-12-14-32-31(17-30)24-66-40-20-34-29(18-35(32)40)13-15-36-43(34)54-46(52-36)39-19-33-26(3)44(33)58(39)48(60)42(56-50(62)65-6)28-10-8-7-9-11-28/h7-15,17-18,20-21,25-27,33,38-39,41-42,44H,16,19,22-24H2,1-6H3,(H,51,53)(H,52,54)(H,55,61)(H,56,62)/t26-,27+,33?,38+,39+,41?,42-,44?/m1/s1. The van der Waals surface area contributed by atoms with Gasteiger partial charge in [-0.1, -0.05) is 69.3 Å². The maximum absolute atomic E-state index is 14.5. The summed E-state index contributed by atoms with van der Waals surface area (Å²) in [7, 11) is 4.24. The number of fused-ring (bicyclic) bond motifs is 7. The summed E-state index contributed by atoms with van der Waals surface area (Å²) in [6, 6.07) is 21.7. The van der Waals surface area contributed by atoms with Crippen LogP contribution < -0.4 is 15.4 Å². The molecule has 3 unspecified atom stereocenters. The van der Waals surface area contributed by atoms with Crippen molar-refractivity contribution in [2.75, 3.05) is 34.5 Å². The summed E-state index contributed by atoms with van der Waals surface area (Å²) >= 11 is 0. The van der Waals surface area contributed by atoms with Crippen LogP contribution in [0.25, 0.3) is 44.2 Å². The molecule has 3 aliphatic heterocycles. The molecule has 342 valence electrons. The SMILES string of the molecule is COC[C@H]1C[C@@H](c2ncc(-c3ccc4c(c3)COc3cc5c(ccc6nc([C@@H]7CC8C([C@@H]8C)N7C(=O)[C@H](NC(=O)OC)c7ccccc7)[nH]c65)cc3-4)[nH]2)N(C(=O)C(NC(=O)OC)C(C)C)C1. The highest BCUT2D eigenvalue weighted by Gasteiger charge is 2.61. The highest BCUT2D eigenvalue weighted by Crippen LogP contribution is 2.58. The molecule has 16 heteroatoms. The Balaban J connectivity index is 0.915. The zero-order valence-electron chi connectivity index (χ0n) is 37.8. The van der Waals surface area contributed by atoms with E-state index in [1.54, 1.807) is 18.2 Å². The van der Waals surface area contributed by atoms with E-state index in [1.807, 2.05) is 55.1 Å². The Morgan fingerprint density at radius 3 is 2.41 bits per heavy atom. The highest BCUT2D eigenvalue weighted by molar-refractivity contribution is 6.07. The zero-order valence-corrected chi connectivity index (χ0v) is 37.8. The van der Waals surface area contributed by atoms with Crippen LogP contribution in [0.4, 0.5) is 9.59 Å². The quantitative estimate of drug-likeness (QED) is 0.101. The molecule has 0 bridgehead atoms. The van der Waals surface area contributed by atoms with Gasteiger partial charge in [0.25, 0.3) is 5.91 Å². The topological polar surface area (TPSA) is 193 Å². The molecule has 6 aromatic rings. The first-order chi connectivity index (χ1) is 32.0. The van der Waals surface area contributed by atoms with E-state index < -0.39 is 24.3 Å². The number of rotatable bonds is 11. The number of aromatic nitrogens is 4. The van der Waals surface area contributed by atoms with Crippen LogP contribution in [-0.2, 0) is 30.4 Å². The number of hydrogen-bond acceptors (Lipinski definition) is 10. The summed E-state index contributed by atoms with van der Waals surface area (Å²) < 4.78 is 21.7.